The minimum atomic E-state index is 0.638. The fourth-order valence-corrected chi connectivity index (χ4v) is 1.95. The zero-order valence-corrected chi connectivity index (χ0v) is 9.05. The Morgan fingerprint density at radius 2 is 2.00 bits per heavy atom. The van der Waals surface area contributed by atoms with Crippen LogP contribution < -0.4 is 5.32 Å². The summed E-state index contributed by atoms with van der Waals surface area (Å²) in [5.41, 5.74) is 1.12. The molecule has 0 heterocycles. The highest BCUT2D eigenvalue weighted by Gasteiger charge is 2.16. The molecule has 14 heavy (non-hydrogen) atoms. The number of rotatable bonds is 3. The van der Waals surface area contributed by atoms with E-state index >= 15 is 0 Å². The van der Waals surface area contributed by atoms with Gasteiger partial charge in [-0.05, 0) is 25.7 Å². The lowest BCUT2D eigenvalue weighted by molar-refractivity contribution is 0.395. The molecule has 0 bridgehead atoms. The fraction of sp³-hybridized carbons (Fsp3) is 0.583. The molecule has 0 aliphatic heterocycles. The first kappa shape index (κ1) is 11.0. The van der Waals surface area contributed by atoms with Crippen LogP contribution in [0.5, 0.6) is 0 Å². The van der Waals surface area contributed by atoms with Gasteiger partial charge in [-0.1, -0.05) is 32.4 Å². The molecule has 1 rings (SSSR count). The summed E-state index contributed by atoms with van der Waals surface area (Å²) < 4.78 is 0. The molecule has 1 aliphatic rings. The van der Waals surface area contributed by atoms with Crippen molar-refractivity contribution in [2.24, 2.45) is 10.9 Å². The maximum Gasteiger partial charge on any atom is 0.102 e. The van der Waals surface area contributed by atoms with E-state index in [-0.39, 0.29) is 0 Å². The van der Waals surface area contributed by atoms with E-state index in [0.29, 0.717) is 5.92 Å². The van der Waals surface area contributed by atoms with E-state index in [1.165, 1.54) is 32.1 Å². The first-order valence-electron chi connectivity index (χ1n) is 5.35. The molecule has 0 spiro atoms. The maximum atomic E-state index is 4.07. The molecular weight excluding hydrogens is 172 g/mol. The number of nitrogens with one attached hydrogen (secondary N) is 1. The maximum absolute atomic E-state index is 4.07. The molecule has 0 radical (unpaired) electrons. The predicted octanol–water partition coefficient (Wildman–Crippen LogP) is 3.23. The number of nitrogens with zero attached hydrogens (tertiary/aromatic N) is 1. The van der Waals surface area contributed by atoms with Crippen molar-refractivity contribution in [1.29, 1.82) is 0 Å². The van der Waals surface area contributed by atoms with Crippen molar-refractivity contribution in [3.8, 4) is 0 Å². The van der Waals surface area contributed by atoms with Crippen LogP contribution in [0.15, 0.2) is 30.0 Å². The molecule has 0 atom stereocenters. The van der Waals surface area contributed by atoms with E-state index in [2.05, 4.69) is 23.5 Å². The molecule has 0 amide bonds. The summed E-state index contributed by atoms with van der Waals surface area (Å²) in [5.74, 6) is 1.52. The Kier molecular flexibility index (Phi) is 4.44. The van der Waals surface area contributed by atoms with Gasteiger partial charge in [-0.25, -0.2) is 4.99 Å². The molecule has 1 N–H and O–H groups in total. The molecule has 78 valence electrons. The van der Waals surface area contributed by atoms with E-state index in [1.807, 2.05) is 6.92 Å². The Hall–Kier alpha value is -1.05. The molecule has 0 aromatic carbocycles. The molecule has 2 nitrogen and oxygen atoms in total. The molecule has 0 unspecified atom stereocenters. The summed E-state index contributed by atoms with van der Waals surface area (Å²) >= 11 is 0. The molecule has 0 aromatic rings. The van der Waals surface area contributed by atoms with Crippen LogP contribution in [-0.4, -0.2) is 5.84 Å². The number of hydrogen-bond donors (Lipinski definition) is 1. The monoisotopic (exact) mass is 192 g/mol. The molecule has 1 saturated carbocycles. The minimum absolute atomic E-state index is 0.638. The first-order valence-corrected chi connectivity index (χ1v) is 5.35. The van der Waals surface area contributed by atoms with Crippen molar-refractivity contribution in [3.63, 3.8) is 0 Å². The van der Waals surface area contributed by atoms with Crippen molar-refractivity contribution in [1.82, 2.24) is 5.32 Å². The van der Waals surface area contributed by atoms with Gasteiger partial charge < -0.3 is 5.32 Å². The summed E-state index contributed by atoms with van der Waals surface area (Å²) in [7, 11) is 0. The van der Waals surface area contributed by atoms with Crippen molar-refractivity contribution in [2.45, 2.75) is 39.0 Å². The molecule has 0 saturated heterocycles. The van der Waals surface area contributed by atoms with Gasteiger partial charge in [-0.15, -0.1) is 0 Å². The average Bonchev–Trinajstić information content (AvgIpc) is 2.19. The van der Waals surface area contributed by atoms with Crippen molar-refractivity contribution >= 4 is 5.84 Å². The largest absolute Gasteiger partial charge is 0.348 e. The van der Waals surface area contributed by atoms with Gasteiger partial charge in [0.1, 0.15) is 5.84 Å². The fourth-order valence-electron chi connectivity index (χ4n) is 1.95. The Morgan fingerprint density at radius 1 is 1.36 bits per heavy atom. The molecule has 2 heteroatoms. The average molecular weight is 192 g/mol. The third-order valence-corrected chi connectivity index (χ3v) is 2.72. The second-order valence-electron chi connectivity index (χ2n) is 3.88. The van der Waals surface area contributed by atoms with Crippen molar-refractivity contribution in [2.75, 3.05) is 0 Å². The summed E-state index contributed by atoms with van der Waals surface area (Å²) in [4.78, 5) is 4.07. The Bertz CT molecular complexity index is 235. The predicted molar refractivity (Wildman–Crippen MR) is 62.2 cm³/mol. The second-order valence-corrected chi connectivity index (χ2v) is 3.88. The van der Waals surface area contributed by atoms with Gasteiger partial charge in [0.25, 0.3) is 0 Å². The standard InChI is InChI=1S/C12H20N2/c1-4-13-11(3)14-10(2)12-8-6-5-7-9-12/h4,12H,1-2,5-9H2,3H3,(H,13,14). The van der Waals surface area contributed by atoms with Crippen LogP contribution in [0.25, 0.3) is 0 Å². The van der Waals surface area contributed by atoms with E-state index in [9.17, 15) is 0 Å². The quantitative estimate of drug-likeness (QED) is 0.539. The number of amidine groups is 1. The van der Waals surface area contributed by atoms with Gasteiger partial charge in [0.2, 0.25) is 0 Å². The van der Waals surface area contributed by atoms with Crippen LogP contribution in [0.1, 0.15) is 39.0 Å². The third-order valence-electron chi connectivity index (χ3n) is 2.72. The lowest BCUT2D eigenvalue weighted by atomic mass is 9.87. The van der Waals surface area contributed by atoms with E-state index in [4.69, 9.17) is 0 Å². The summed E-state index contributed by atoms with van der Waals surface area (Å²) in [6, 6.07) is 0. The zero-order chi connectivity index (χ0) is 10.4. The highest BCUT2D eigenvalue weighted by molar-refractivity contribution is 5.81. The van der Waals surface area contributed by atoms with Gasteiger partial charge in [0.05, 0.1) is 0 Å². The Balaban J connectivity index is 2.40. The van der Waals surface area contributed by atoms with Crippen molar-refractivity contribution in [3.05, 3.63) is 25.1 Å². The lowest BCUT2D eigenvalue weighted by Crippen LogP contribution is -2.25. The van der Waals surface area contributed by atoms with Crippen LogP contribution in [-0.2, 0) is 0 Å². The smallest absolute Gasteiger partial charge is 0.102 e. The molecule has 1 aliphatic carbocycles. The highest BCUT2D eigenvalue weighted by Crippen LogP contribution is 2.27. The van der Waals surface area contributed by atoms with Crippen LogP contribution in [0.4, 0.5) is 0 Å². The van der Waals surface area contributed by atoms with Crippen LogP contribution in [0.3, 0.4) is 0 Å². The SMILES string of the molecule is C=CN=C(C)NC(=C)C1CCCCC1. The zero-order valence-electron chi connectivity index (χ0n) is 9.05. The number of hydrogen-bond acceptors (Lipinski definition) is 1. The van der Waals surface area contributed by atoms with Gasteiger partial charge in [-0.2, -0.15) is 0 Å². The van der Waals surface area contributed by atoms with E-state index in [1.54, 1.807) is 6.20 Å². The van der Waals surface area contributed by atoms with Gasteiger partial charge >= 0.3 is 0 Å². The topological polar surface area (TPSA) is 24.4 Å². The Labute approximate surface area is 86.8 Å². The third kappa shape index (κ3) is 3.36. The molecule has 0 aromatic heterocycles. The minimum Gasteiger partial charge on any atom is -0.348 e. The second kappa shape index (κ2) is 5.63. The normalized spacial score (nSPS) is 19.1. The van der Waals surface area contributed by atoms with Gasteiger partial charge in [0, 0.05) is 11.9 Å². The number of aliphatic imine (C=N–C) groups is 1. The van der Waals surface area contributed by atoms with Crippen LogP contribution in [0.2, 0.25) is 0 Å². The van der Waals surface area contributed by atoms with Crippen LogP contribution >= 0.6 is 0 Å². The van der Waals surface area contributed by atoms with Crippen molar-refractivity contribution < 1.29 is 0 Å². The molecular formula is C12H20N2. The van der Waals surface area contributed by atoms with E-state index in [0.717, 1.165) is 11.5 Å². The van der Waals surface area contributed by atoms with Gasteiger partial charge in [-0.3, -0.25) is 0 Å². The first-order chi connectivity index (χ1) is 6.74. The number of allylic oxidation sites excluding steroid dienone is 1. The van der Waals surface area contributed by atoms with Gasteiger partial charge in [0.15, 0.2) is 0 Å². The summed E-state index contributed by atoms with van der Waals surface area (Å²) in [6.45, 7) is 9.58. The summed E-state index contributed by atoms with van der Waals surface area (Å²) in [5, 5.41) is 3.23. The van der Waals surface area contributed by atoms with E-state index < -0.39 is 0 Å². The highest BCUT2D eigenvalue weighted by atomic mass is 15.0. The van der Waals surface area contributed by atoms with Crippen LogP contribution in [0, 0.1) is 5.92 Å². The lowest BCUT2D eigenvalue weighted by Gasteiger charge is -2.24. The Morgan fingerprint density at radius 3 is 2.57 bits per heavy atom. The molecule has 1 fully saturated rings. The summed E-state index contributed by atoms with van der Waals surface area (Å²) in [6.07, 6.45) is 8.15.